The van der Waals surface area contributed by atoms with Crippen LogP contribution in [0, 0.1) is 11.8 Å². The van der Waals surface area contributed by atoms with Crippen molar-refractivity contribution in [1.82, 2.24) is 0 Å². The minimum absolute atomic E-state index is 0.00474. The lowest BCUT2D eigenvalue weighted by molar-refractivity contribution is -0.367. The summed E-state index contributed by atoms with van der Waals surface area (Å²) in [7, 11) is 0. The fraction of sp³-hybridized carbons (Fsp3) is 0.750. The molecule has 34 nitrogen and oxygen atoms in total. The zero-order valence-corrected chi connectivity index (χ0v) is 56.9. The maximum Gasteiger partial charge on any atom is 0.197 e. The Labute approximate surface area is 590 Å². The van der Waals surface area contributed by atoms with Crippen LogP contribution in [0.1, 0.15) is 90.9 Å². The highest BCUT2D eigenvalue weighted by molar-refractivity contribution is 5.83. The molecule has 0 aromatic rings. The van der Waals surface area contributed by atoms with Crippen molar-refractivity contribution in [1.29, 1.82) is 0 Å². The number of rotatable bonds is 46. The molecule has 3 aliphatic heterocycles. The van der Waals surface area contributed by atoms with Crippen LogP contribution >= 0.6 is 0 Å². The lowest BCUT2D eigenvalue weighted by Gasteiger charge is -2.48. The monoisotopic (exact) mass is 1470 g/mol. The summed E-state index contributed by atoms with van der Waals surface area (Å²) in [4.78, 5) is 13.2. The van der Waals surface area contributed by atoms with Gasteiger partial charge in [-0.05, 0) is 62.4 Å². The lowest BCUT2D eigenvalue weighted by Crippen LogP contribution is -2.68. The molecule has 3 rings (SSSR count). The average Bonchev–Trinajstić information content (AvgIpc) is 0.947. The molecule has 0 aliphatic carbocycles. The van der Waals surface area contributed by atoms with E-state index >= 15 is 0 Å². The van der Waals surface area contributed by atoms with Gasteiger partial charge in [0, 0.05) is 32.1 Å². The van der Waals surface area contributed by atoms with Gasteiger partial charge < -0.3 is 167 Å². The van der Waals surface area contributed by atoms with Gasteiger partial charge in [0.1, 0.15) is 134 Å². The Morgan fingerprint density at radius 3 is 1.65 bits per heavy atom. The summed E-state index contributed by atoms with van der Waals surface area (Å²) in [6.07, 6.45) is -46.3. The number of hydrogen-bond acceptors (Lipinski definition) is 34. The molecular formula is C68H114O34. The molecule has 0 radical (unpaired) electrons. The number of aliphatic hydroxyl groups is 30. The van der Waals surface area contributed by atoms with E-state index in [1.165, 1.54) is 31.2 Å². The molecule has 0 spiro atoms. The van der Waals surface area contributed by atoms with Gasteiger partial charge in [-0.1, -0.05) is 99.4 Å². The SMILES string of the molecule is C=CCC/C=C/C=C/C=C/C[C@H](O)[C@@H](O)[C@@H](O)/C=C/C=C/C(O)CC(O)C(O)C1OC(O)(CC(O)C(O)C(=O)CC[C@@H]2O[C@@H](C[C@@H](O)C[C@@H](C)/C=C/C[C@H](O)[C@@H](O)[C@H](O)[C@@H](O)C(=C)C(C)C[C@@H]3O[C@@H]([C@H](O)C[C@H](O)[C@@H](O)[C@H](O)[C@H](O)[C@@H](O)[C@@H](O)CO)[C@H](O)[C@H](O)[C@H]3O)[C@H](O)[C@H]2O)C(O)C(O)C1O. The second-order valence-corrected chi connectivity index (χ2v) is 27.0. The Balaban J connectivity index is 1.47. The molecule has 0 bridgehead atoms. The zero-order chi connectivity index (χ0) is 77.4. The van der Waals surface area contributed by atoms with E-state index in [4.69, 9.17) is 19.3 Å². The van der Waals surface area contributed by atoms with Gasteiger partial charge in [-0.3, -0.25) is 4.79 Å². The Kier molecular flexibility index (Phi) is 40.4. The topological polar surface area (TPSA) is 652 Å². The Bertz CT molecular complexity index is 2610. The summed E-state index contributed by atoms with van der Waals surface area (Å²) in [5.74, 6) is -5.67. The Morgan fingerprint density at radius 1 is 0.490 bits per heavy atom. The maximum absolute atomic E-state index is 13.2. The van der Waals surface area contributed by atoms with Gasteiger partial charge in [0.25, 0.3) is 0 Å². The van der Waals surface area contributed by atoms with Crippen molar-refractivity contribution >= 4 is 5.78 Å². The first-order chi connectivity index (χ1) is 47.7. The van der Waals surface area contributed by atoms with Crippen LogP contribution < -0.4 is 0 Å². The number of carbonyl (C=O) groups excluding carboxylic acids is 1. The van der Waals surface area contributed by atoms with Crippen molar-refractivity contribution in [2.45, 2.75) is 298 Å². The normalized spacial score (nSPS) is 32.8. The van der Waals surface area contributed by atoms with Crippen LogP contribution in [0.25, 0.3) is 0 Å². The number of unbranched alkanes of at least 4 members (excludes halogenated alkanes) is 1. The average molecular weight is 1480 g/mol. The number of allylic oxidation sites excluding steroid dienone is 9. The number of carbonyl (C=O) groups is 1. The molecule has 36 atom stereocenters. The van der Waals surface area contributed by atoms with E-state index in [2.05, 4.69) is 13.2 Å². The molecule has 3 heterocycles. The largest absolute Gasteiger partial charge is 0.394 e. The van der Waals surface area contributed by atoms with E-state index < -0.39 is 257 Å². The van der Waals surface area contributed by atoms with Crippen LogP contribution in [0.2, 0.25) is 0 Å². The van der Waals surface area contributed by atoms with Crippen LogP contribution in [-0.4, -0.2) is 373 Å². The van der Waals surface area contributed by atoms with E-state index in [-0.39, 0.29) is 44.1 Å². The number of hydrogen-bond donors (Lipinski definition) is 30. The summed E-state index contributed by atoms with van der Waals surface area (Å²) in [5, 5.41) is 317. The molecule has 0 amide bonds. The second-order valence-electron chi connectivity index (χ2n) is 27.0. The van der Waals surface area contributed by atoms with E-state index in [0.717, 1.165) is 25.0 Å². The molecule has 102 heavy (non-hydrogen) atoms. The third-order valence-corrected chi connectivity index (χ3v) is 18.7. The van der Waals surface area contributed by atoms with Crippen LogP contribution in [-0.2, 0) is 19.0 Å². The van der Waals surface area contributed by atoms with Gasteiger partial charge in [-0.2, -0.15) is 0 Å². The fourth-order valence-electron chi connectivity index (χ4n) is 12.0. The lowest BCUT2D eigenvalue weighted by atomic mass is 9.83. The van der Waals surface area contributed by atoms with E-state index in [9.17, 15) is 153 Å². The Hall–Kier alpha value is -3.73. The van der Waals surface area contributed by atoms with E-state index in [1.807, 2.05) is 12.2 Å². The fourth-order valence-corrected chi connectivity index (χ4v) is 12.0. The van der Waals surface area contributed by atoms with Crippen LogP contribution in [0.3, 0.4) is 0 Å². The number of ketones is 1. The molecule has 0 aromatic heterocycles. The van der Waals surface area contributed by atoms with Crippen LogP contribution in [0.5, 0.6) is 0 Å². The molecule has 30 N–H and O–H groups in total. The molecule has 34 heteroatoms. The molecule has 0 saturated carbocycles. The maximum atomic E-state index is 13.2. The van der Waals surface area contributed by atoms with Crippen molar-refractivity contribution in [3.8, 4) is 0 Å². The first-order valence-electron chi connectivity index (χ1n) is 33.9. The third kappa shape index (κ3) is 27.2. The van der Waals surface area contributed by atoms with Crippen molar-refractivity contribution in [2.75, 3.05) is 6.61 Å². The smallest absolute Gasteiger partial charge is 0.197 e. The standard InChI is InChI=1S/C68H114O34/c1-5-6-7-8-9-10-11-12-13-19-36(72)49(82)37(73)20-15-14-18-34(70)26-40(76)54(87)66-63(96)64(97)67(98)68(99,102-66)29-43(79)50(83)39(75)22-23-45-55(88)56(89)47(100-45)27-35(71)24-31(2)17-16-21-38(74)51(84)58(91)48(81)33(4)32(3)25-46-57(90)61(94)62(95)65(101-46)42(78)28-41(77)52(85)59(92)60(93)53(86)44(80)30-69/h5,8-18,20,31-32,34-38,40-67,69-74,76-99H,1,4,6-7,19,21-30H2,2-3H3/b9-8+,11-10+,13-12+,17-16+,18-14+,20-15+/t31-,32?,34?,35-,36-,37-,38-,40?,41-,42+,43?,44-,45-,46-,47-,48-,49+,50?,51+,52+,53-,54?,55-,56-,57-,58+,59-,60+,61+,62+,63?,64?,65-,66?,67?,68?/m0/s1. The van der Waals surface area contributed by atoms with E-state index in [0.29, 0.717) is 0 Å². The summed E-state index contributed by atoms with van der Waals surface area (Å²) >= 11 is 0. The number of Topliss-reactive ketones (excluding diaryl/α,β-unsaturated/α-hetero) is 1. The van der Waals surface area contributed by atoms with Gasteiger partial charge in [0.15, 0.2) is 11.6 Å². The molecule has 3 fully saturated rings. The first-order valence-corrected chi connectivity index (χ1v) is 33.9. The predicted molar refractivity (Wildman–Crippen MR) is 355 cm³/mol. The second kappa shape index (κ2) is 44.5. The van der Waals surface area contributed by atoms with Gasteiger partial charge in [0.2, 0.25) is 0 Å². The summed E-state index contributed by atoms with van der Waals surface area (Å²) in [6, 6.07) is 0. The highest BCUT2D eigenvalue weighted by Gasteiger charge is 2.57. The molecule has 590 valence electrons. The molecule has 11 unspecified atom stereocenters. The van der Waals surface area contributed by atoms with Gasteiger partial charge >= 0.3 is 0 Å². The molecule has 3 saturated heterocycles. The van der Waals surface area contributed by atoms with Crippen molar-refractivity contribution in [3.63, 3.8) is 0 Å². The van der Waals surface area contributed by atoms with Crippen LogP contribution in [0.15, 0.2) is 97.7 Å². The minimum Gasteiger partial charge on any atom is -0.394 e. The number of aliphatic hydroxyl groups excluding tert-OH is 29. The van der Waals surface area contributed by atoms with Crippen molar-refractivity contribution < 1.29 is 172 Å². The summed E-state index contributed by atoms with van der Waals surface area (Å²) in [5.41, 5.74) is -0.178. The summed E-state index contributed by atoms with van der Waals surface area (Å²) < 4.78 is 16.8. The zero-order valence-electron chi connectivity index (χ0n) is 56.9. The Morgan fingerprint density at radius 2 is 1.03 bits per heavy atom. The van der Waals surface area contributed by atoms with Crippen molar-refractivity contribution in [2.24, 2.45) is 11.8 Å². The van der Waals surface area contributed by atoms with Crippen molar-refractivity contribution in [3.05, 3.63) is 97.7 Å². The summed E-state index contributed by atoms with van der Waals surface area (Å²) in [6.45, 7) is 9.41. The third-order valence-electron chi connectivity index (χ3n) is 18.7. The minimum atomic E-state index is -3.13. The highest BCUT2D eigenvalue weighted by atomic mass is 16.7. The van der Waals surface area contributed by atoms with E-state index in [1.54, 1.807) is 37.3 Å². The van der Waals surface area contributed by atoms with Crippen LogP contribution in [0.4, 0.5) is 0 Å². The van der Waals surface area contributed by atoms with Gasteiger partial charge in [0.05, 0.1) is 73.8 Å². The molecule has 0 aromatic carbocycles. The van der Waals surface area contributed by atoms with Gasteiger partial charge in [-0.15, -0.1) is 6.58 Å². The highest BCUT2D eigenvalue weighted by Crippen LogP contribution is 2.37. The predicted octanol–water partition coefficient (Wildman–Crippen LogP) is -9.69. The molecular weight excluding hydrogens is 1360 g/mol. The quantitative estimate of drug-likeness (QED) is 0.0153. The number of ether oxygens (including phenoxy) is 3. The van der Waals surface area contributed by atoms with Gasteiger partial charge in [-0.25, -0.2) is 0 Å². The molecule has 3 aliphatic rings. The first kappa shape index (κ1) is 92.5.